The molecule has 0 amide bonds. The third-order valence-corrected chi connectivity index (χ3v) is 1.72. The molecule has 0 saturated carbocycles. The molecule has 0 spiro atoms. The highest BCUT2D eigenvalue weighted by Gasteiger charge is 1.98. The summed E-state index contributed by atoms with van der Waals surface area (Å²) in [7, 11) is 0. The van der Waals surface area contributed by atoms with Crippen molar-refractivity contribution in [1.29, 1.82) is 10.5 Å². The van der Waals surface area contributed by atoms with Crippen molar-refractivity contribution in [2.24, 2.45) is 0 Å². The second-order valence-corrected chi connectivity index (χ2v) is 2.65. The van der Waals surface area contributed by atoms with Gasteiger partial charge in [0, 0.05) is 5.69 Å². The van der Waals surface area contributed by atoms with Gasteiger partial charge in [0.25, 0.3) is 0 Å². The summed E-state index contributed by atoms with van der Waals surface area (Å²) in [5, 5.41) is 19.9. The Kier molecular flexibility index (Phi) is 2.89. The number of anilines is 1. The summed E-state index contributed by atoms with van der Waals surface area (Å²) in [4.78, 5) is 0. The first-order valence-corrected chi connectivity index (χ1v) is 3.89. The van der Waals surface area contributed by atoms with E-state index in [0.717, 1.165) is 11.3 Å². The topological polar surface area (TPSA) is 59.6 Å². The molecule has 0 saturated heterocycles. The number of hydrogen-bond acceptors (Lipinski definition) is 3. The predicted octanol–water partition coefficient (Wildman–Crippen LogP) is 1.80. The molecule has 0 fully saturated rings. The average molecular weight is 171 g/mol. The van der Waals surface area contributed by atoms with Gasteiger partial charge in [0.2, 0.25) is 0 Å². The Bertz CT molecular complexity index is 382. The van der Waals surface area contributed by atoms with Crippen molar-refractivity contribution in [2.75, 3.05) is 11.9 Å². The molecule has 0 aliphatic heterocycles. The number of aryl methyl sites for hydroxylation is 1. The van der Waals surface area contributed by atoms with Crippen LogP contribution in [0, 0.1) is 29.6 Å². The molecule has 0 radical (unpaired) electrons. The van der Waals surface area contributed by atoms with E-state index < -0.39 is 0 Å². The van der Waals surface area contributed by atoms with Crippen molar-refractivity contribution in [3.05, 3.63) is 29.3 Å². The molecule has 3 heteroatoms. The minimum absolute atomic E-state index is 0.260. The number of hydrogen-bond donors (Lipinski definition) is 1. The van der Waals surface area contributed by atoms with Gasteiger partial charge in [-0.05, 0) is 24.6 Å². The molecule has 0 aromatic heterocycles. The van der Waals surface area contributed by atoms with Gasteiger partial charge in [0.15, 0.2) is 0 Å². The molecule has 0 heterocycles. The van der Waals surface area contributed by atoms with Gasteiger partial charge in [-0.25, -0.2) is 0 Å². The fourth-order valence-electron chi connectivity index (χ4n) is 1.02. The van der Waals surface area contributed by atoms with Gasteiger partial charge in [0.1, 0.15) is 6.54 Å². The zero-order chi connectivity index (χ0) is 9.68. The number of rotatable bonds is 2. The molecule has 1 aromatic carbocycles. The zero-order valence-electron chi connectivity index (χ0n) is 7.33. The lowest BCUT2D eigenvalue weighted by molar-refractivity contribution is 1.29. The Hall–Kier alpha value is -2.00. The number of nitrogens with one attached hydrogen (secondary N) is 1. The summed E-state index contributed by atoms with van der Waals surface area (Å²) in [5.74, 6) is 0. The highest BCUT2D eigenvalue weighted by Crippen LogP contribution is 2.15. The number of benzene rings is 1. The molecule has 0 atom stereocenters. The number of nitrogens with zero attached hydrogens (tertiary/aromatic N) is 2. The van der Waals surface area contributed by atoms with Gasteiger partial charge in [-0.3, -0.25) is 0 Å². The van der Waals surface area contributed by atoms with Crippen LogP contribution in [0.4, 0.5) is 5.69 Å². The van der Waals surface area contributed by atoms with E-state index in [0.29, 0.717) is 5.56 Å². The Labute approximate surface area is 77.2 Å². The molecule has 64 valence electrons. The maximum Gasteiger partial charge on any atom is 0.103 e. The lowest BCUT2D eigenvalue weighted by Gasteiger charge is -2.05. The van der Waals surface area contributed by atoms with Crippen molar-refractivity contribution >= 4 is 5.69 Å². The fraction of sp³-hybridized carbons (Fsp3) is 0.200. The minimum atomic E-state index is 0.260. The average Bonchev–Trinajstić information content (AvgIpc) is 2.17. The van der Waals surface area contributed by atoms with Crippen LogP contribution in [-0.2, 0) is 0 Å². The second-order valence-electron chi connectivity index (χ2n) is 2.65. The van der Waals surface area contributed by atoms with Crippen LogP contribution in [0.25, 0.3) is 0 Å². The van der Waals surface area contributed by atoms with Crippen LogP contribution in [0.1, 0.15) is 11.1 Å². The normalized spacial score (nSPS) is 8.54. The zero-order valence-corrected chi connectivity index (χ0v) is 7.33. The highest BCUT2D eigenvalue weighted by atomic mass is 14.9. The summed E-state index contributed by atoms with van der Waals surface area (Å²) in [6.07, 6.45) is 0. The second kappa shape index (κ2) is 4.13. The van der Waals surface area contributed by atoms with Crippen molar-refractivity contribution in [1.82, 2.24) is 0 Å². The predicted molar refractivity (Wildman–Crippen MR) is 50.0 cm³/mol. The highest BCUT2D eigenvalue weighted by molar-refractivity contribution is 5.55. The van der Waals surface area contributed by atoms with E-state index >= 15 is 0 Å². The van der Waals surface area contributed by atoms with E-state index in [1.807, 2.05) is 25.1 Å². The van der Waals surface area contributed by atoms with Crippen LogP contribution >= 0.6 is 0 Å². The SMILES string of the molecule is Cc1ccc(C#N)cc1NCC#N. The van der Waals surface area contributed by atoms with Gasteiger partial charge in [0.05, 0.1) is 17.7 Å². The maximum atomic E-state index is 8.64. The van der Waals surface area contributed by atoms with Crippen molar-refractivity contribution in [3.63, 3.8) is 0 Å². The van der Waals surface area contributed by atoms with E-state index in [1.54, 1.807) is 12.1 Å². The molecule has 0 bridgehead atoms. The molecule has 13 heavy (non-hydrogen) atoms. The van der Waals surface area contributed by atoms with Crippen LogP contribution in [0.3, 0.4) is 0 Å². The van der Waals surface area contributed by atoms with Crippen molar-refractivity contribution in [3.8, 4) is 12.1 Å². The molecule has 1 N–H and O–H groups in total. The van der Waals surface area contributed by atoms with Gasteiger partial charge in [-0.1, -0.05) is 6.07 Å². The molecular weight excluding hydrogens is 162 g/mol. The molecular formula is C10H9N3. The van der Waals surface area contributed by atoms with Crippen LogP contribution < -0.4 is 5.32 Å². The quantitative estimate of drug-likeness (QED) is 0.690. The van der Waals surface area contributed by atoms with Gasteiger partial charge < -0.3 is 5.32 Å². The standard InChI is InChI=1S/C10H9N3/c1-8-2-3-9(7-12)6-10(8)13-5-4-11/h2-3,6,13H,5H2,1H3. The minimum Gasteiger partial charge on any atom is -0.372 e. The fourth-order valence-corrected chi connectivity index (χ4v) is 1.02. The first kappa shape index (κ1) is 9.09. The Morgan fingerprint density at radius 3 is 2.77 bits per heavy atom. The van der Waals surface area contributed by atoms with Gasteiger partial charge in [-0.15, -0.1) is 0 Å². The molecule has 3 nitrogen and oxygen atoms in total. The maximum absolute atomic E-state index is 8.64. The molecule has 1 rings (SSSR count). The van der Waals surface area contributed by atoms with E-state index in [-0.39, 0.29) is 6.54 Å². The molecule has 0 aliphatic rings. The lowest BCUT2D eigenvalue weighted by Crippen LogP contribution is -2.00. The molecule has 1 aromatic rings. The monoisotopic (exact) mass is 171 g/mol. The Morgan fingerprint density at radius 2 is 2.15 bits per heavy atom. The Morgan fingerprint density at radius 1 is 1.38 bits per heavy atom. The summed E-state index contributed by atoms with van der Waals surface area (Å²) in [5.41, 5.74) is 2.49. The van der Waals surface area contributed by atoms with E-state index in [9.17, 15) is 0 Å². The van der Waals surface area contributed by atoms with Crippen LogP contribution in [0.5, 0.6) is 0 Å². The molecule has 0 aliphatic carbocycles. The Balaban J connectivity index is 2.93. The summed E-state index contributed by atoms with van der Waals surface area (Å²) in [6, 6.07) is 9.39. The number of nitriles is 2. The van der Waals surface area contributed by atoms with Crippen LogP contribution in [0.15, 0.2) is 18.2 Å². The summed E-state index contributed by atoms with van der Waals surface area (Å²) in [6.45, 7) is 2.19. The summed E-state index contributed by atoms with van der Waals surface area (Å²) >= 11 is 0. The first-order chi connectivity index (χ1) is 6.27. The van der Waals surface area contributed by atoms with Crippen molar-refractivity contribution < 1.29 is 0 Å². The van der Waals surface area contributed by atoms with E-state index in [1.165, 1.54) is 0 Å². The van der Waals surface area contributed by atoms with Gasteiger partial charge >= 0.3 is 0 Å². The third-order valence-electron chi connectivity index (χ3n) is 1.72. The van der Waals surface area contributed by atoms with Crippen molar-refractivity contribution in [2.45, 2.75) is 6.92 Å². The largest absolute Gasteiger partial charge is 0.372 e. The van der Waals surface area contributed by atoms with Crippen LogP contribution in [-0.4, -0.2) is 6.54 Å². The smallest absolute Gasteiger partial charge is 0.103 e. The first-order valence-electron chi connectivity index (χ1n) is 3.89. The van der Waals surface area contributed by atoms with Gasteiger partial charge in [-0.2, -0.15) is 10.5 Å². The van der Waals surface area contributed by atoms with E-state index in [4.69, 9.17) is 10.5 Å². The third kappa shape index (κ3) is 2.21. The van der Waals surface area contributed by atoms with E-state index in [2.05, 4.69) is 5.32 Å². The molecule has 0 unspecified atom stereocenters. The lowest BCUT2D eigenvalue weighted by atomic mass is 10.1. The van der Waals surface area contributed by atoms with Crippen LogP contribution in [0.2, 0.25) is 0 Å². The summed E-state index contributed by atoms with van der Waals surface area (Å²) < 4.78 is 0.